The smallest absolute Gasteiger partial charge is 0.229 e. The van der Waals surface area contributed by atoms with Crippen molar-refractivity contribution in [3.63, 3.8) is 0 Å². The Balaban J connectivity index is 1.61. The van der Waals surface area contributed by atoms with Crippen LogP contribution in [0.4, 0.5) is 11.6 Å². The average Bonchev–Trinajstić information content (AvgIpc) is 2.68. The standard InChI is InChI=1S/C20H26N4O/c1-3-15(2)16-7-9-18(10-8-16)23-19(25)17-6-4-13-24(14-17)20-21-11-5-12-22-20/h5,7-12,15,17H,3-4,6,13-14H2,1-2H3,(H,23,25)/t15-,17-/m1/s1. The van der Waals surface area contributed by atoms with E-state index in [4.69, 9.17) is 0 Å². The predicted octanol–water partition coefficient (Wildman–Crippen LogP) is 3.85. The number of nitrogens with one attached hydrogen (secondary N) is 1. The Morgan fingerprint density at radius 1 is 1.28 bits per heavy atom. The molecule has 0 radical (unpaired) electrons. The quantitative estimate of drug-likeness (QED) is 0.900. The van der Waals surface area contributed by atoms with E-state index in [0.29, 0.717) is 18.4 Å². The van der Waals surface area contributed by atoms with Crippen molar-refractivity contribution in [2.24, 2.45) is 5.92 Å². The molecule has 1 aliphatic rings. The molecule has 2 heterocycles. The summed E-state index contributed by atoms with van der Waals surface area (Å²) in [5, 5.41) is 3.06. The summed E-state index contributed by atoms with van der Waals surface area (Å²) in [5.41, 5.74) is 2.18. The number of hydrogen-bond acceptors (Lipinski definition) is 4. The molecule has 0 spiro atoms. The second kappa shape index (κ2) is 8.10. The number of amides is 1. The molecule has 0 aliphatic carbocycles. The molecule has 132 valence electrons. The van der Waals surface area contributed by atoms with Gasteiger partial charge in [-0.15, -0.1) is 0 Å². The van der Waals surface area contributed by atoms with Crippen molar-refractivity contribution in [3.8, 4) is 0 Å². The van der Waals surface area contributed by atoms with Crippen molar-refractivity contribution in [2.45, 2.75) is 39.0 Å². The van der Waals surface area contributed by atoms with Gasteiger partial charge in [-0.1, -0.05) is 26.0 Å². The summed E-state index contributed by atoms with van der Waals surface area (Å²) in [5.74, 6) is 1.30. The molecule has 0 unspecified atom stereocenters. The van der Waals surface area contributed by atoms with E-state index in [0.717, 1.165) is 31.5 Å². The Labute approximate surface area is 149 Å². The van der Waals surface area contributed by atoms with Gasteiger partial charge in [0, 0.05) is 31.2 Å². The number of nitrogens with zero attached hydrogens (tertiary/aromatic N) is 3. The van der Waals surface area contributed by atoms with Crippen LogP contribution in [0.15, 0.2) is 42.7 Å². The molecule has 1 amide bonds. The summed E-state index contributed by atoms with van der Waals surface area (Å²) < 4.78 is 0. The Kier molecular flexibility index (Phi) is 5.64. The zero-order valence-electron chi connectivity index (χ0n) is 15.0. The highest BCUT2D eigenvalue weighted by Crippen LogP contribution is 2.23. The van der Waals surface area contributed by atoms with Gasteiger partial charge in [-0.05, 0) is 48.9 Å². The molecule has 1 fully saturated rings. The lowest BCUT2D eigenvalue weighted by Crippen LogP contribution is -2.41. The molecule has 5 heteroatoms. The number of carbonyl (C=O) groups is 1. The number of benzene rings is 1. The first-order valence-corrected chi connectivity index (χ1v) is 9.10. The van der Waals surface area contributed by atoms with Crippen molar-refractivity contribution in [1.82, 2.24) is 9.97 Å². The second-order valence-corrected chi connectivity index (χ2v) is 6.75. The summed E-state index contributed by atoms with van der Waals surface area (Å²) in [6.07, 6.45) is 6.48. The molecule has 5 nitrogen and oxygen atoms in total. The van der Waals surface area contributed by atoms with Gasteiger partial charge in [-0.25, -0.2) is 9.97 Å². The first-order valence-electron chi connectivity index (χ1n) is 9.10. The first kappa shape index (κ1) is 17.4. The largest absolute Gasteiger partial charge is 0.340 e. The van der Waals surface area contributed by atoms with Crippen LogP contribution in [-0.4, -0.2) is 29.0 Å². The van der Waals surface area contributed by atoms with Crippen LogP contribution in [0.1, 0.15) is 44.6 Å². The van der Waals surface area contributed by atoms with Gasteiger partial charge in [-0.3, -0.25) is 4.79 Å². The summed E-state index contributed by atoms with van der Waals surface area (Å²) in [4.78, 5) is 23.3. The van der Waals surface area contributed by atoms with Crippen LogP contribution < -0.4 is 10.2 Å². The van der Waals surface area contributed by atoms with Crippen LogP contribution in [0.5, 0.6) is 0 Å². The number of anilines is 2. The molecule has 1 aromatic heterocycles. The lowest BCUT2D eigenvalue weighted by Gasteiger charge is -2.31. The SMILES string of the molecule is CC[C@@H](C)c1ccc(NC(=O)[C@@H]2CCCN(c3ncccn3)C2)cc1. The van der Waals surface area contributed by atoms with E-state index in [-0.39, 0.29) is 11.8 Å². The molecule has 2 aromatic rings. The van der Waals surface area contributed by atoms with E-state index in [1.807, 2.05) is 12.1 Å². The second-order valence-electron chi connectivity index (χ2n) is 6.75. The predicted molar refractivity (Wildman–Crippen MR) is 101 cm³/mol. The number of aromatic nitrogens is 2. The Morgan fingerprint density at radius 3 is 2.68 bits per heavy atom. The van der Waals surface area contributed by atoms with E-state index in [1.54, 1.807) is 18.5 Å². The van der Waals surface area contributed by atoms with Crippen LogP contribution in [0.3, 0.4) is 0 Å². The fourth-order valence-electron chi connectivity index (χ4n) is 3.20. The normalized spacial score (nSPS) is 18.6. The molecule has 25 heavy (non-hydrogen) atoms. The third-order valence-electron chi connectivity index (χ3n) is 4.99. The minimum Gasteiger partial charge on any atom is -0.340 e. The molecular formula is C20H26N4O. The van der Waals surface area contributed by atoms with Gasteiger partial charge in [0.2, 0.25) is 11.9 Å². The van der Waals surface area contributed by atoms with E-state index in [2.05, 4.69) is 46.2 Å². The van der Waals surface area contributed by atoms with Crippen LogP contribution in [0.25, 0.3) is 0 Å². The highest BCUT2D eigenvalue weighted by Gasteiger charge is 2.27. The highest BCUT2D eigenvalue weighted by molar-refractivity contribution is 5.93. The molecule has 2 atom stereocenters. The van der Waals surface area contributed by atoms with Gasteiger partial charge in [-0.2, -0.15) is 0 Å². The Hall–Kier alpha value is -2.43. The summed E-state index contributed by atoms with van der Waals surface area (Å²) in [6.45, 7) is 5.97. The molecule has 1 aromatic carbocycles. The third-order valence-corrected chi connectivity index (χ3v) is 4.99. The zero-order valence-corrected chi connectivity index (χ0v) is 15.0. The molecule has 0 saturated carbocycles. The van der Waals surface area contributed by atoms with Crippen LogP contribution >= 0.6 is 0 Å². The molecule has 1 N–H and O–H groups in total. The minimum absolute atomic E-state index is 0.0354. The van der Waals surface area contributed by atoms with Crippen molar-refractivity contribution < 1.29 is 4.79 Å². The number of piperidine rings is 1. The monoisotopic (exact) mass is 338 g/mol. The van der Waals surface area contributed by atoms with Crippen molar-refractivity contribution in [3.05, 3.63) is 48.3 Å². The van der Waals surface area contributed by atoms with Crippen molar-refractivity contribution in [1.29, 1.82) is 0 Å². The molecular weight excluding hydrogens is 312 g/mol. The van der Waals surface area contributed by atoms with E-state index in [1.165, 1.54) is 5.56 Å². The topological polar surface area (TPSA) is 58.1 Å². The average molecular weight is 338 g/mol. The Bertz CT molecular complexity index is 687. The third kappa shape index (κ3) is 4.35. The molecule has 3 rings (SSSR count). The van der Waals surface area contributed by atoms with E-state index >= 15 is 0 Å². The highest BCUT2D eigenvalue weighted by atomic mass is 16.1. The molecule has 0 bridgehead atoms. The lowest BCUT2D eigenvalue weighted by molar-refractivity contribution is -0.120. The summed E-state index contributed by atoms with van der Waals surface area (Å²) in [6, 6.07) is 10.0. The Morgan fingerprint density at radius 2 is 2.00 bits per heavy atom. The van der Waals surface area contributed by atoms with Crippen molar-refractivity contribution in [2.75, 3.05) is 23.3 Å². The van der Waals surface area contributed by atoms with Crippen LogP contribution in [-0.2, 0) is 4.79 Å². The van der Waals surface area contributed by atoms with Gasteiger partial charge in [0.05, 0.1) is 5.92 Å². The fraction of sp³-hybridized carbons (Fsp3) is 0.450. The van der Waals surface area contributed by atoms with Crippen LogP contribution in [0, 0.1) is 5.92 Å². The lowest BCUT2D eigenvalue weighted by atomic mass is 9.96. The molecule has 1 aliphatic heterocycles. The summed E-state index contributed by atoms with van der Waals surface area (Å²) >= 11 is 0. The summed E-state index contributed by atoms with van der Waals surface area (Å²) in [7, 11) is 0. The van der Waals surface area contributed by atoms with E-state index < -0.39 is 0 Å². The van der Waals surface area contributed by atoms with E-state index in [9.17, 15) is 4.79 Å². The molecule has 1 saturated heterocycles. The van der Waals surface area contributed by atoms with Crippen LogP contribution in [0.2, 0.25) is 0 Å². The zero-order chi connectivity index (χ0) is 17.6. The van der Waals surface area contributed by atoms with Crippen molar-refractivity contribution >= 4 is 17.5 Å². The first-order chi connectivity index (χ1) is 12.2. The van der Waals surface area contributed by atoms with Gasteiger partial charge in [0.1, 0.15) is 0 Å². The van der Waals surface area contributed by atoms with Gasteiger partial charge in [0.15, 0.2) is 0 Å². The maximum atomic E-state index is 12.6. The van der Waals surface area contributed by atoms with Gasteiger partial charge >= 0.3 is 0 Å². The minimum atomic E-state index is -0.0354. The number of hydrogen-bond donors (Lipinski definition) is 1. The maximum Gasteiger partial charge on any atom is 0.229 e. The van der Waals surface area contributed by atoms with Gasteiger partial charge in [0.25, 0.3) is 0 Å². The number of carbonyl (C=O) groups excluding carboxylic acids is 1. The fourth-order valence-corrected chi connectivity index (χ4v) is 3.20. The maximum absolute atomic E-state index is 12.6. The van der Waals surface area contributed by atoms with Gasteiger partial charge < -0.3 is 10.2 Å². The number of rotatable bonds is 5.